The molecule has 0 amide bonds. The lowest BCUT2D eigenvalue weighted by molar-refractivity contribution is -0.202. The lowest BCUT2D eigenvalue weighted by atomic mass is 9.43. The van der Waals surface area contributed by atoms with Crippen LogP contribution in [0.25, 0.3) is 0 Å². The van der Waals surface area contributed by atoms with Gasteiger partial charge in [0.1, 0.15) is 11.9 Å². The molecule has 1 aromatic heterocycles. The summed E-state index contributed by atoms with van der Waals surface area (Å²) in [6.45, 7) is 4.06. The summed E-state index contributed by atoms with van der Waals surface area (Å²) < 4.78 is 15.9. The summed E-state index contributed by atoms with van der Waals surface area (Å²) in [4.78, 5) is 38.4. The number of carbonyl (C=O) groups excluding carboxylic acids is 3. The molecule has 1 aliphatic heterocycles. The van der Waals surface area contributed by atoms with Gasteiger partial charge in [0, 0.05) is 17.9 Å². The molecule has 3 aliphatic rings. The number of rotatable bonds is 2. The smallest absolute Gasteiger partial charge is 0.310 e. The molecule has 146 valence electrons. The third kappa shape index (κ3) is 2.56. The number of methoxy groups -OCH3 is 1. The van der Waals surface area contributed by atoms with E-state index in [0.717, 1.165) is 5.56 Å². The Morgan fingerprint density at radius 1 is 1.22 bits per heavy atom. The molecule has 6 heteroatoms. The Hall–Kier alpha value is -2.11. The molecule has 3 fully saturated rings. The van der Waals surface area contributed by atoms with Crippen LogP contribution in [-0.2, 0) is 23.9 Å². The summed E-state index contributed by atoms with van der Waals surface area (Å²) in [5.74, 6) is -1.33. The molecule has 6 nitrogen and oxygen atoms in total. The van der Waals surface area contributed by atoms with Crippen LogP contribution >= 0.6 is 0 Å². The average molecular weight is 374 g/mol. The summed E-state index contributed by atoms with van der Waals surface area (Å²) >= 11 is 0. The molecule has 2 heterocycles. The standard InChI is InChI=1S/C21H26O6/c1-20-8-6-14-19(24)27-16(12-7-9-26-11-12)10-21(14,2)17(20)15(22)5-4-13(20)18(23)25-3/h7,9,11,13-14,16-17H,4-6,8,10H2,1-3H3/t13-,14-,16-,17?,20-,21-/m0/s1. The molecule has 27 heavy (non-hydrogen) atoms. The van der Waals surface area contributed by atoms with Gasteiger partial charge in [-0.3, -0.25) is 14.4 Å². The van der Waals surface area contributed by atoms with Gasteiger partial charge in [-0.05, 0) is 42.6 Å². The number of ketones is 1. The fourth-order valence-electron chi connectivity index (χ4n) is 6.24. The zero-order valence-corrected chi connectivity index (χ0v) is 16.0. The van der Waals surface area contributed by atoms with Crippen molar-refractivity contribution in [1.82, 2.24) is 0 Å². The Bertz CT molecular complexity index is 768. The lowest BCUT2D eigenvalue weighted by Crippen LogP contribution is -2.61. The average Bonchev–Trinajstić information content (AvgIpc) is 3.14. The van der Waals surface area contributed by atoms with E-state index in [2.05, 4.69) is 0 Å². The van der Waals surface area contributed by atoms with E-state index in [4.69, 9.17) is 13.9 Å². The minimum absolute atomic E-state index is 0.158. The first kappa shape index (κ1) is 18.3. The Morgan fingerprint density at radius 3 is 2.67 bits per heavy atom. The second-order valence-electron chi connectivity index (χ2n) is 8.80. The number of carbonyl (C=O) groups is 3. The maximum Gasteiger partial charge on any atom is 0.310 e. The first-order valence-electron chi connectivity index (χ1n) is 9.64. The van der Waals surface area contributed by atoms with Crippen molar-refractivity contribution in [3.8, 4) is 0 Å². The van der Waals surface area contributed by atoms with E-state index in [1.807, 2.05) is 13.8 Å². The fourth-order valence-corrected chi connectivity index (χ4v) is 6.24. The number of hydrogen-bond acceptors (Lipinski definition) is 6. The van der Waals surface area contributed by atoms with E-state index >= 15 is 0 Å². The molecule has 1 aromatic rings. The van der Waals surface area contributed by atoms with Crippen LogP contribution in [0.2, 0.25) is 0 Å². The molecule has 1 saturated heterocycles. The Kier molecular flexibility index (Phi) is 4.20. The quantitative estimate of drug-likeness (QED) is 0.737. The van der Waals surface area contributed by atoms with Crippen molar-refractivity contribution in [2.24, 2.45) is 28.6 Å². The van der Waals surface area contributed by atoms with Gasteiger partial charge in [-0.1, -0.05) is 13.8 Å². The maximum absolute atomic E-state index is 13.1. The summed E-state index contributed by atoms with van der Waals surface area (Å²) in [6.07, 6.45) is 5.43. The molecule has 2 aliphatic carbocycles. The van der Waals surface area contributed by atoms with Crippen LogP contribution in [0.3, 0.4) is 0 Å². The molecule has 2 saturated carbocycles. The molecular weight excluding hydrogens is 348 g/mol. The highest BCUT2D eigenvalue weighted by molar-refractivity contribution is 5.88. The highest BCUT2D eigenvalue weighted by atomic mass is 16.5. The summed E-state index contributed by atoms with van der Waals surface area (Å²) in [5.41, 5.74) is -0.233. The van der Waals surface area contributed by atoms with Gasteiger partial charge in [0.15, 0.2) is 0 Å². The van der Waals surface area contributed by atoms with Crippen LogP contribution < -0.4 is 0 Å². The Labute approximate surface area is 158 Å². The monoisotopic (exact) mass is 374 g/mol. The van der Waals surface area contributed by atoms with Crippen molar-refractivity contribution in [2.45, 2.75) is 52.1 Å². The normalized spacial score (nSPS) is 41.3. The molecule has 0 aromatic carbocycles. The van der Waals surface area contributed by atoms with Crippen molar-refractivity contribution in [2.75, 3.05) is 7.11 Å². The second-order valence-corrected chi connectivity index (χ2v) is 8.80. The minimum Gasteiger partial charge on any atom is -0.472 e. The Balaban J connectivity index is 1.76. The van der Waals surface area contributed by atoms with Gasteiger partial charge >= 0.3 is 11.9 Å². The minimum atomic E-state index is -0.548. The Morgan fingerprint density at radius 2 is 2.00 bits per heavy atom. The van der Waals surface area contributed by atoms with Crippen LogP contribution in [0.4, 0.5) is 0 Å². The number of cyclic esters (lactones) is 1. The first-order valence-corrected chi connectivity index (χ1v) is 9.64. The topological polar surface area (TPSA) is 82.8 Å². The number of furan rings is 1. The molecule has 0 bridgehead atoms. The summed E-state index contributed by atoms with van der Waals surface area (Å²) in [6, 6.07) is 1.80. The van der Waals surface area contributed by atoms with E-state index in [1.54, 1.807) is 18.6 Å². The van der Waals surface area contributed by atoms with Gasteiger partial charge in [-0.25, -0.2) is 0 Å². The number of Topliss-reactive ketones (excluding diaryl/α,β-unsaturated/α-hetero) is 1. The second kappa shape index (κ2) is 6.21. The molecule has 1 unspecified atom stereocenters. The third-order valence-electron chi connectivity index (χ3n) is 7.45. The summed E-state index contributed by atoms with van der Waals surface area (Å²) in [5, 5.41) is 0. The van der Waals surface area contributed by atoms with Crippen LogP contribution in [0.1, 0.15) is 57.6 Å². The van der Waals surface area contributed by atoms with Crippen molar-refractivity contribution >= 4 is 17.7 Å². The van der Waals surface area contributed by atoms with E-state index in [0.29, 0.717) is 32.1 Å². The van der Waals surface area contributed by atoms with E-state index < -0.39 is 16.9 Å². The molecular formula is C21H26O6. The highest BCUT2D eigenvalue weighted by Crippen LogP contribution is 2.64. The van der Waals surface area contributed by atoms with Crippen molar-refractivity contribution in [1.29, 1.82) is 0 Å². The molecule has 0 spiro atoms. The third-order valence-corrected chi connectivity index (χ3v) is 7.45. The molecule has 4 rings (SSSR count). The van der Waals surface area contributed by atoms with E-state index in [1.165, 1.54) is 7.11 Å². The highest BCUT2D eigenvalue weighted by Gasteiger charge is 2.65. The molecule has 6 atom stereocenters. The fraction of sp³-hybridized carbons (Fsp3) is 0.667. The van der Waals surface area contributed by atoms with Crippen LogP contribution in [0.5, 0.6) is 0 Å². The zero-order valence-electron chi connectivity index (χ0n) is 16.0. The molecule has 0 N–H and O–H groups in total. The van der Waals surface area contributed by atoms with Crippen molar-refractivity contribution in [3.05, 3.63) is 24.2 Å². The SMILES string of the molecule is COC(=O)[C@@H]1CCC(=O)C2[C@@]1(C)CC[C@H]1C(=O)O[C@H](c3ccoc3)C[C@]21C. The molecule has 0 radical (unpaired) electrons. The van der Waals surface area contributed by atoms with Gasteiger partial charge in [0.25, 0.3) is 0 Å². The van der Waals surface area contributed by atoms with Gasteiger partial charge in [0.2, 0.25) is 0 Å². The van der Waals surface area contributed by atoms with Gasteiger partial charge in [-0.15, -0.1) is 0 Å². The lowest BCUT2D eigenvalue weighted by Gasteiger charge is -2.60. The predicted octanol–water partition coefficient (Wildman–Crippen LogP) is 3.46. The zero-order chi connectivity index (χ0) is 19.4. The van der Waals surface area contributed by atoms with Gasteiger partial charge in [0.05, 0.1) is 31.5 Å². The summed E-state index contributed by atoms with van der Waals surface area (Å²) in [7, 11) is 1.40. The largest absolute Gasteiger partial charge is 0.472 e. The van der Waals surface area contributed by atoms with Crippen molar-refractivity contribution in [3.63, 3.8) is 0 Å². The van der Waals surface area contributed by atoms with Gasteiger partial charge in [-0.2, -0.15) is 0 Å². The number of ether oxygens (including phenoxy) is 2. The van der Waals surface area contributed by atoms with Crippen LogP contribution in [-0.4, -0.2) is 24.8 Å². The number of fused-ring (bicyclic) bond motifs is 3. The number of esters is 2. The predicted molar refractivity (Wildman–Crippen MR) is 94.3 cm³/mol. The first-order chi connectivity index (χ1) is 12.8. The van der Waals surface area contributed by atoms with E-state index in [-0.39, 0.29) is 35.5 Å². The number of hydrogen-bond donors (Lipinski definition) is 0. The van der Waals surface area contributed by atoms with E-state index in [9.17, 15) is 14.4 Å². The van der Waals surface area contributed by atoms with Gasteiger partial charge < -0.3 is 13.9 Å². The van der Waals surface area contributed by atoms with Crippen LogP contribution in [0.15, 0.2) is 23.0 Å². The maximum atomic E-state index is 13.1. The van der Waals surface area contributed by atoms with Crippen LogP contribution in [0, 0.1) is 28.6 Å². The van der Waals surface area contributed by atoms with Crippen molar-refractivity contribution < 1.29 is 28.3 Å².